The maximum atomic E-state index is 12.4. The molecule has 0 aromatic heterocycles. The first-order valence-corrected chi connectivity index (χ1v) is 7.11. The highest BCUT2D eigenvalue weighted by Gasteiger charge is 2.23. The summed E-state index contributed by atoms with van der Waals surface area (Å²) in [6, 6.07) is 17.3. The van der Waals surface area contributed by atoms with Gasteiger partial charge < -0.3 is 10.1 Å². The number of carbonyl (C=O) groups excluding carboxylic acids is 1. The number of esters is 1. The molecule has 0 aliphatic carbocycles. The van der Waals surface area contributed by atoms with Crippen molar-refractivity contribution >= 4 is 5.97 Å². The molecule has 2 rings (SSSR count). The molecule has 0 fully saturated rings. The molecule has 2 aromatic carbocycles. The largest absolute Gasteiger partial charge is 0.452 e. The molecule has 0 aliphatic heterocycles. The van der Waals surface area contributed by atoms with Crippen LogP contribution in [0.15, 0.2) is 54.6 Å². The second-order valence-corrected chi connectivity index (χ2v) is 5.18. The summed E-state index contributed by atoms with van der Waals surface area (Å²) in [6.07, 6.45) is -0.316. The van der Waals surface area contributed by atoms with Gasteiger partial charge in [-0.05, 0) is 38.6 Å². The average molecular weight is 283 g/mol. The standard InChI is InChI=1S/C18H21NO2/c1-13-8-7-11-16(12-13)18(20)21-17(14(2)19-3)15-9-5-4-6-10-15/h4-12,14,17,19H,1-3H3/t14-,17-/m1/s1. The lowest BCUT2D eigenvalue weighted by Crippen LogP contribution is -2.32. The Morgan fingerprint density at radius 2 is 1.81 bits per heavy atom. The van der Waals surface area contributed by atoms with Crippen LogP contribution in [0, 0.1) is 6.92 Å². The monoisotopic (exact) mass is 283 g/mol. The molecular formula is C18H21NO2. The van der Waals surface area contributed by atoms with Crippen molar-refractivity contribution in [2.24, 2.45) is 0 Å². The molecule has 0 saturated heterocycles. The minimum atomic E-state index is -0.316. The minimum Gasteiger partial charge on any atom is -0.452 e. The Bertz CT molecular complexity index is 595. The Morgan fingerprint density at radius 1 is 1.10 bits per heavy atom. The molecule has 21 heavy (non-hydrogen) atoms. The molecule has 110 valence electrons. The van der Waals surface area contributed by atoms with E-state index in [1.54, 1.807) is 6.07 Å². The molecule has 0 amide bonds. The van der Waals surface area contributed by atoms with Gasteiger partial charge in [0.2, 0.25) is 0 Å². The molecule has 0 bridgehead atoms. The van der Waals surface area contributed by atoms with E-state index in [1.165, 1.54) is 0 Å². The molecule has 1 N–H and O–H groups in total. The van der Waals surface area contributed by atoms with Crippen molar-refractivity contribution in [1.29, 1.82) is 0 Å². The summed E-state index contributed by atoms with van der Waals surface area (Å²) in [6.45, 7) is 3.96. The maximum absolute atomic E-state index is 12.4. The highest BCUT2D eigenvalue weighted by Crippen LogP contribution is 2.23. The van der Waals surface area contributed by atoms with Crippen LogP contribution in [0.4, 0.5) is 0 Å². The molecular weight excluding hydrogens is 262 g/mol. The van der Waals surface area contributed by atoms with Gasteiger partial charge in [0.15, 0.2) is 0 Å². The number of hydrogen-bond acceptors (Lipinski definition) is 3. The fraction of sp³-hybridized carbons (Fsp3) is 0.278. The summed E-state index contributed by atoms with van der Waals surface area (Å²) in [5.41, 5.74) is 2.61. The molecule has 3 nitrogen and oxygen atoms in total. The van der Waals surface area contributed by atoms with Crippen molar-refractivity contribution < 1.29 is 9.53 Å². The van der Waals surface area contributed by atoms with Crippen molar-refractivity contribution in [2.45, 2.75) is 26.0 Å². The van der Waals surface area contributed by atoms with Crippen molar-refractivity contribution in [3.63, 3.8) is 0 Å². The Labute approximate surface area is 126 Å². The molecule has 0 radical (unpaired) electrons. The average Bonchev–Trinajstić information content (AvgIpc) is 2.52. The number of aryl methyl sites for hydroxylation is 1. The fourth-order valence-electron chi connectivity index (χ4n) is 2.21. The normalized spacial score (nSPS) is 13.5. The van der Waals surface area contributed by atoms with Gasteiger partial charge in [0.05, 0.1) is 5.56 Å². The third-order valence-electron chi connectivity index (χ3n) is 3.53. The van der Waals surface area contributed by atoms with E-state index in [9.17, 15) is 4.79 Å². The van der Waals surface area contributed by atoms with Gasteiger partial charge in [-0.15, -0.1) is 0 Å². The first kappa shape index (κ1) is 15.3. The van der Waals surface area contributed by atoms with Gasteiger partial charge in [-0.3, -0.25) is 0 Å². The lowest BCUT2D eigenvalue weighted by molar-refractivity contribution is 0.0219. The van der Waals surface area contributed by atoms with E-state index in [2.05, 4.69) is 5.32 Å². The third-order valence-corrected chi connectivity index (χ3v) is 3.53. The highest BCUT2D eigenvalue weighted by molar-refractivity contribution is 5.89. The zero-order valence-electron chi connectivity index (χ0n) is 12.7. The van der Waals surface area contributed by atoms with Gasteiger partial charge in [-0.2, -0.15) is 0 Å². The van der Waals surface area contributed by atoms with Gasteiger partial charge in [0, 0.05) is 6.04 Å². The fourth-order valence-corrected chi connectivity index (χ4v) is 2.21. The second-order valence-electron chi connectivity index (χ2n) is 5.18. The molecule has 2 atom stereocenters. The number of rotatable bonds is 5. The number of hydrogen-bond donors (Lipinski definition) is 1. The molecule has 3 heteroatoms. The molecule has 0 unspecified atom stereocenters. The molecule has 0 aliphatic rings. The SMILES string of the molecule is CN[C@H](C)[C@@H](OC(=O)c1cccc(C)c1)c1ccccc1. The van der Waals surface area contributed by atoms with Gasteiger partial charge >= 0.3 is 5.97 Å². The van der Waals surface area contributed by atoms with Crippen LogP contribution < -0.4 is 5.32 Å². The van der Waals surface area contributed by atoms with E-state index >= 15 is 0 Å². The van der Waals surface area contributed by atoms with Gasteiger partial charge in [-0.25, -0.2) is 4.79 Å². The van der Waals surface area contributed by atoms with E-state index in [4.69, 9.17) is 4.74 Å². The number of benzene rings is 2. The minimum absolute atomic E-state index is 0.0289. The lowest BCUT2D eigenvalue weighted by Gasteiger charge is -2.24. The van der Waals surface area contributed by atoms with Gasteiger partial charge in [0.1, 0.15) is 6.10 Å². The van der Waals surface area contributed by atoms with Crippen molar-refractivity contribution in [1.82, 2.24) is 5.32 Å². The predicted molar refractivity (Wildman–Crippen MR) is 84.3 cm³/mol. The Kier molecular flexibility index (Phi) is 5.12. The maximum Gasteiger partial charge on any atom is 0.338 e. The van der Waals surface area contributed by atoms with E-state index in [-0.39, 0.29) is 18.1 Å². The summed E-state index contributed by atoms with van der Waals surface area (Å²) in [4.78, 5) is 12.4. The van der Waals surface area contributed by atoms with E-state index in [0.717, 1.165) is 11.1 Å². The van der Waals surface area contributed by atoms with E-state index in [0.29, 0.717) is 5.56 Å². The van der Waals surface area contributed by atoms with Gasteiger partial charge in [0.25, 0.3) is 0 Å². The Hall–Kier alpha value is -2.13. The van der Waals surface area contributed by atoms with Crippen LogP contribution in [0.1, 0.15) is 34.5 Å². The number of ether oxygens (including phenoxy) is 1. The Morgan fingerprint density at radius 3 is 2.43 bits per heavy atom. The van der Waals surface area contributed by atoms with Crippen LogP contribution in [0.2, 0.25) is 0 Å². The first-order valence-electron chi connectivity index (χ1n) is 7.11. The summed E-state index contributed by atoms with van der Waals surface area (Å²) < 4.78 is 5.73. The van der Waals surface area contributed by atoms with Crippen molar-refractivity contribution in [3.05, 3.63) is 71.3 Å². The zero-order valence-corrected chi connectivity index (χ0v) is 12.7. The van der Waals surface area contributed by atoms with E-state index < -0.39 is 0 Å². The summed E-state index contributed by atoms with van der Waals surface area (Å²) in [5.74, 6) is -0.297. The molecule has 0 saturated carbocycles. The van der Waals surface area contributed by atoms with E-state index in [1.807, 2.05) is 69.4 Å². The zero-order chi connectivity index (χ0) is 15.2. The molecule has 0 heterocycles. The molecule has 0 spiro atoms. The quantitative estimate of drug-likeness (QED) is 0.853. The summed E-state index contributed by atoms with van der Waals surface area (Å²) >= 11 is 0. The van der Waals surface area contributed by atoms with Gasteiger partial charge in [-0.1, -0.05) is 48.0 Å². The Balaban J connectivity index is 2.21. The van der Waals surface area contributed by atoms with Crippen LogP contribution >= 0.6 is 0 Å². The van der Waals surface area contributed by atoms with Crippen LogP contribution in [0.25, 0.3) is 0 Å². The van der Waals surface area contributed by atoms with Crippen molar-refractivity contribution in [2.75, 3.05) is 7.05 Å². The van der Waals surface area contributed by atoms with Crippen LogP contribution in [0.3, 0.4) is 0 Å². The third kappa shape index (κ3) is 3.92. The summed E-state index contributed by atoms with van der Waals surface area (Å²) in [7, 11) is 1.86. The lowest BCUT2D eigenvalue weighted by atomic mass is 10.0. The summed E-state index contributed by atoms with van der Waals surface area (Å²) in [5, 5.41) is 3.15. The number of carbonyl (C=O) groups is 1. The first-order chi connectivity index (χ1) is 10.1. The van der Waals surface area contributed by atoms with Crippen LogP contribution in [-0.4, -0.2) is 19.1 Å². The second kappa shape index (κ2) is 7.04. The highest BCUT2D eigenvalue weighted by atomic mass is 16.5. The van der Waals surface area contributed by atoms with Crippen molar-refractivity contribution in [3.8, 4) is 0 Å². The number of likely N-dealkylation sites (N-methyl/N-ethyl adjacent to an activating group) is 1. The van der Waals surface area contributed by atoms with Crippen LogP contribution in [0.5, 0.6) is 0 Å². The predicted octanol–water partition coefficient (Wildman–Crippen LogP) is 3.50. The smallest absolute Gasteiger partial charge is 0.338 e. The topological polar surface area (TPSA) is 38.3 Å². The number of nitrogens with one attached hydrogen (secondary N) is 1. The van der Waals surface area contributed by atoms with Crippen LogP contribution in [-0.2, 0) is 4.74 Å². The molecule has 2 aromatic rings.